The number of amides is 2. The third-order valence-corrected chi connectivity index (χ3v) is 3.15. The molecule has 2 rings (SSSR count). The van der Waals surface area contributed by atoms with E-state index in [1.807, 2.05) is 6.07 Å². The summed E-state index contributed by atoms with van der Waals surface area (Å²) in [5, 5.41) is 14.1. The summed E-state index contributed by atoms with van der Waals surface area (Å²) >= 11 is 0. The number of nitrogens with zero attached hydrogens (tertiary/aromatic N) is 2. The highest BCUT2D eigenvalue weighted by atomic mass is 19.1. The molecule has 6 heteroatoms. The van der Waals surface area contributed by atoms with Crippen LogP contribution in [0.2, 0.25) is 0 Å². The number of aromatic nitrogens is 1. The maximum absolute atomic E-state index is 13.6. The van der Waals surface area contributed by atoms with Crippen molar-refractivity contribution in [2.24, 2.45) is 0 Å². The molecular weight excluding hydrogens is 283 g/mol. The predicted molar refractivity (Wildman–Crippen MR) is 79.1 cm³/mol. The van der Waals surface area contributed by atoms with Crippen molar-refractivity contribution in [1.29, 1.82) is 5.26 Å². The van der Waals surface area contributed by atoms with Gasteiger partial charge in [-0.15, -0.1) is 0 Å². The highest BCUT2D eigenvalue weighted by molar-refractivity contribution is 5.74. The number of halogens is 1. The molecular formula is C16H15FN4O. The average molecular weight is 298 g/mol. The van der Waals surface area contributed by atoms with Crippen LogP contribution in [0.1, 0.15) is 29.7 Å². The molecule has 22 heavy (non-hydrogen) atoms. The van der Waals surface area contributed by atoms with Crippen molar-refractivity contribution in [3.8, 4) is 6.07 Å². The van der Waals surface area contributed by atoms with Gasteiger partial charge in [-0.05, 0) is 30.7 Å². The molecule has 2 amide bonds. The van der Waals surface area contributed by atoms with E-state index in [2.05, 4.69) is 15.6 Å². The van der Waals surface area contributed by atoms with Crippen LogP contribution in [0.25, 0.3) is 0 Å². The molecule has 112 valence electrons. The Morgan fingerprint density at radius 3 is 2.73 bits per heavy atom. The second-order valence-corrected chi connectivity index (χ2v) is 4.75. The second kappa shape index (κ2) is 7.18. The van der Waals surface area contributed by atoms with Crippen molar-refractivity contribution in [3.05, 3.63) is 65.2 Å². The summed E-state index contributed by atoms with van der Waals surface area (Å²) in [5.41, 5.74) is 1.82. The number of nitriles is 1. The number of urea groups is 1. The van der Waals surface area contributed by atoms with Crippen LogP contribution in [0.3, 0.4) is 0 Å². The molecule has 0 fully saturated rings. The predicted octanol–water partition coefficient (Wildman–Crippen LogP) is 2.65. The van der Waals surface area contributed by atoms with Crippen molar-refractivity contribution >= 4 is 6.03 Å². The SMILES string of the molecule is C[C@H](NC(=O)NCc1ccc(C#N)cc1)c1ccncc1F. The molecule has 0 bridgehead atoms. The van der Waals surface area contributed by atoms with Gasteiger partial charge < -0.3 is 10.6 Å². The lowest BCUT2D eigenvalue weighted by molar-refractivity contribution is 0.237. The molecule has 0 radical (unpaired) electrons. The van der Waals surface area contributed by atoms with Crippen LogP contribution in [-0.2, 0) is 6.54 Å². The van der Waals surface area contributed by atoms with Crippen LogP contribution in [0.5, 0.6) is 0 Å². The number of carbonyl (C=O) groups is 1. The Bertz CT molecular complexity index is 694. The van der Waals surface area contributed by atoms with Gasteiger partial charge in [0, 0.05) is 18.3 Å². The highest BCUT2D eigenvalue weighted by Gasteiger charge is 2.13. The number of rotatable bonds is 4. The number of nitrogens with one attached hydrogen (secondary N) is 2. The Morgan fingerprint density at radius 2 is 2.09 bits per heavy atom. The standard InChI is InChI=1S/C16H15FN4O/c1-11(14-6-7-19-10-15(14)17)21-16(22)20-9-13-4-2-12(8-18)3-5-13/h2-7,10-11H,9H2,1H3,(H2,20,21,22)/t11-/m0/s1. The van der Waals surface area contributed by atoms with Gasteiger partial charge in [0.2, 0.25) is 0 Å². The van der Waals surface area contributed by atoms with Gasteiger partial charge in [-0.2, -0.15) is 5.26 Å². The molecule has 1 aromatic carbocycles. The molecule has 0 unspecified atom stereocenters. The first-order valence-corrected chi connectivity index (χ1v) is 6.73. The summed E-state index contributed by atoms with van der Waals surface area (Å²) in [5.74, 6) is -0.456. The van der Waals surface area contributed by atoms with Gasteiger partial charge in [0.05, 0.1) is 23.9 Å². The van der Waals surface area contributed by atoms with Crippen molar-refractivity contribution in [2.75, 3.05) is 0 Å². The summed E-state index contributed by atoms with van der Waals surface area (Å²) in [6.07, 6.45) is 2.59. The van der Waals surface area contributed by atoms with E-state index in [1.165, 1.54) is 12.3 Å². The van der Waals surface area contributed by atoms with E-state index in [9.17, 15) is 9.18 Å². The van der Waals surface area contributed by atoms with E-state index in [4.69, 9.17) is 5.26 Å². The lowest BCUT2D eigenvalue weighted by atomic mass is 10.1. The number of pyridine rings is 1. The van der Waals surface area contributed by atoms with E-state index < -0.39 is 17.9 Å². The van der Waals surface area contributed by atoms with Crippen LogP contribution >= 0.6 is 0 Å². The van der Waals surface area contributed by atoms with Gasteiger partial charge in [0.1, 0.15) is 5.82 Å². The minimum atomic E-state index is -0.469. The normalized spacial score (nSPS) is 11.3. The van der Waals surface area contributed by atoms with Gasteiger partial charge in [0.15, 0.2) is 0 Å². The Labute approximate surface area is 127 Å². The third-order valence-electron chi connectivity index (χ3n) is 3.15. The van der Waals surface area contributed by atoms with E-state index in [-0.39, 0.29) is 0 Å². The summed E-state index contributed by atoms with van der Waals surface area (Å²) < 4.78 is 13.6. The molecule has 5 nitrogen and oxygen atoms in total. The summed E-state index contributed by atoms with van der Waals surface area (Å²) in [6.45, 7) is 2.02. The maximum atomic E-state index is 13.6. The molecule has 1 heterocycles. The van der Waals surface area contributed by atoms with E-state index >= 15 is 0 Å². The first-order valence-electron chi connectivity index (χ1n) is 6.73. The molecule has 2 N–H and O–H groups in total. The fourth-order valence-corrected chi connectivity index (χ4v) is 1.94. The van der Waals surface area contributed by atoms with Crippen molar-refractivity contribution in [2.45, 2.75) is 19.5 Å². The zero-order chi connectivity index (χ0) is 15.9. The summed E-state index contributed by atoms with van der Waals surface area (Å²) in [4.78, 5) is 15.5. The minimum Gasteiger partial charge on any atom is -0.334 e. The first kappa shape index (κ1) is 15.4. The van der Waals surface area contributed by atoms with Crippen molar-refractivity contribution in [1.82, 2.24) is 15.6 Å². The Hall–Kier alpha value is -2.94. The average Bonchev–Trinajstić information content (AvgIpc) is 2.53. The Kier molecular flexibility index (Phi) is 5.04. The summed E-state index contributed by atoms with van der Waals surface area (Å²) in [6, 6.07) is 9.60. The van der Waals surface area contributed by atoms with E-state index in [0.29, 0.717) is 17.7 Å². The fourth-order valence-electron chi connectivity index (χ4n) is 1.94. The number of benzene rings is 1. The van der Waals surface area contributed by atoms with Crippen molar-refractivity contribution in [3.63, 3.8) is 0 Å². The monoisotopic (exact) mass is 298 g/mol. The molecule has 0 aliphatic rings. The molecule has 1 aromatic heterocycles. The number of hydrogen-bond acceptors (Lipinski definition) is 3. The van der Waals surface area contributed by atoms with Crippen LogP contribution in [-0.4, -0.2) is 11.0 Å². The topological polar surface area (TPSA) is 77.8 Å². The maximum Gasteiger partial charge on any atom is 0.315 e. The lowest BCUT2D eigenvalue weighted by Gasteiger charge is -2.15. The van der Waals surface area contributed by atoms with Crippen LogP contribution in [0.4, 0.5) is 9.18 Å². The fraction of sp³-hybridized carbons (Fsp3) is 0.188. The quantitative estimate of drug-likeness (QED) is 0.911. The molecule has 0 spiro atoms. The van der Waals surface area contributed by atoms with Gasteiger partial charge in [-0.25, -0.2) is 9.18 Å². The van der Waals surface area contributed by atoms with Gasteiger partial charge in [-0.3, -0.25) is 4.98 Å². The van der Waals surface area contributed by atoms with Crippen LogP contribution in [0.15, 0.2) is 42.7 Å². The van der Waals surface area contributed by atoms with Crippen molar-refractivity contribution < 1.29 is 9.18 Å². The zero-order valence-corrected chi connectivity index (χ0v) is 12.0. The van der Waals surface area contributed by atoms with E-state index in [0.717, 1.165) is 11.8 Å². The van der Waals surface area contributed by atoms with Crippen LogP contribution < -0.4 is 10.6 Å². The third kappa shape index (κ3) is 4.03. The smallest absolute Gasteiger partial charge is 0.315 e. The lowest BCUT2D eigenvalue weighted by Crippen LogP contribution is -2.36. The van der Waals surface area contributed by atoms with Gasteiger partial charge >= 0.3 is 6.03 Å². The summed E-state index contributed by atoms with van der Waals surface area (Å²) in [7, 11) is 0. The van der Waals surface area contributed by atoms with Crippen LogP contribution in [0, 0.1) is 17.1 Å². The minimum absolute atomic E-state index is 0.323. The second-order valence-electron chi connectivity index (χ2n) is 4.75. The molecule has 0 saturated heterocycles. The highest BCUT2D eigenvalue weighted by Crippen LogP contribution is 2.14. The largest absolute Gasteiger partial charge is 0.334 e. The Morgan fingerprint density at radius 1 is 1.36 bits per heavy atom. The first-order chi connectivity index (χ1) is 10.6. The zero-order valence-electron chi connectivity index (χ0n) is 12.0. The number of carbonyl (C=O) groups excluding carboxylic acids is 1. The van der Waals surface area contributed by atoms with Gasteiger partial charge in [-0.1, -0.05) is 12.1 Å². The Balaban J connectivity index is 1.87. The number of hydrogen-bond donors (Lipinski definition) is 2. The molecule has 2 aromatic rings. The molecule has 0 aliphatic heterocycles. The molecule has 0 saturated carbocycles. The molecule has 1 atom stereocenters. The van der Waals surface area contributed by atoms with Gasteiger partial charge in [0.25, 0.3) is 0 Å². The van der Waals surface area contributed by atoms with E-state index in [1.54, 1.807) is 31.2 Å². The molecule has 0 aliphatic carbocycles.